The fourth-order valence-corrected chi connectivity index (χ4v) is 4.60. The van der Waals surface area contributed by atoms with Crippen LogP contribution in [0.3, 0.4) is 0 Å². The van der Waals surface area contributed by atoms with E-state index in [1.54, 1.807) is 10.9 Å². The standard InChI is InChI=1S/C21H25N5OS.2ClH/c1-4-15-5-7-16(8-6-15)18-12-22-9-10-26(18)21(27)19-14(2)24-20(28-19)17-11-23-25(3)13-17;;/h5-8,11,13,18,22H,4,9-10,12H2,1-3H3;2*1H. The van der Waals surface area contributed by atoms with Crippen LogP contribution in [0.25, 0.3) is 10.6 Å². The predicted molar refractivity (Wildman–Crippen MR) is 126 cm³/mol. The maximum absolute atomic E-state index is 13.4. The van der Waals surface area contributed by atoms with Crippen molar-refractivity contribution in [2.24, 2.45) is 7.05 Å². The van der Waals surface area contributed by atoms with Crippen molar-refractivity contribution in [3.63, 3.8) is 0 Å². The fourth-order valence-electron chi connectivity index (χ4n) is 3.60. The van der Waals surface area contributed by atoms with Gasteiger partial charge in [0.05, 0.1) is 17.9 Å². The molecule has 9 heteroatoms. The SMILES string of the molecule is CCc1ccc(C2CNCCN2C(=O)c2sc(-c3cnn(C)c3)nc2C)cc1.Cl.Cl. The first-order chi connectivity index (χ1) is 13.6. The highest BCUT2D eigenvalue weighted by atomic mass is 35.5. The van der Waals surface area contributed by atoms with Crippen LogP contribution in [-0.2, 0) is 13.5 Å². The number of nitrogens with zero attached hydrogens (tertiary/aromatic N) is 4. The lowest BCUT2D eigenvalue weighted by molar-refractivity contribution is 0.0638. The van der Waals surface area contributed by atoms with Crippen LogP contribution in [0, 0.1) is 6.92 Å². The smallest absolute Gasteiger partial charge is 0.266 e. The molecule has 3 aromatic rings. The average molecular weight is 468 g/mol. The number of rotatable bonds is 4. The maximum Gasteiger partial charge on any atom is 0.266 e. The molecule has 1 unspecified atom stereocenters. The molecule has 1 N–H and O–H groups in total. The number of thiazole rings is 1. The molecule has 1 aromatic carbocycles. The number of piperazine rings is 1. The molecule has 30 heavy (non-hydrogen) atoms. The Morgan fingerprint density at radius 3 is 2.63 bits per heavy atom. The third-order valence-electron chi connectivity index (χ3n) is 5.22. The van der Waals surface area contributed by atoms with Crippen molar-refractivity contribution in [2.45, 2.75) is 26.3 Å². The number of carbonyl (C=O) groups excluding carboxylic acids is 1. The summed E-state index contributed by atoms with van der Waals surface area (Å²) in [4.78, 5) is 20.8. The molecule has 0 spiro atoms. The van der Waals surface area contributed by atoms with E-state index in [4.69, 9.17) is 0 Å². The van der Waals surface area contributed by atoms with Gasteiger partial charge in [0, 0.05) is 38.4 Å². The zero-order valence-electron chi connectivity index (χ0n) is 17.3. The van der Waals surface area contributed by atoms with Gasteiger partial charge in [0.15, 0.2) is 0 Å². The highest BCUT2D eigenvalue weighted by molar-refractivity contribution is 7.17. The van der Waals surface area contributed by atoms with Crippen molar-refractivity contribution in [3.8, 4) is 10.6 Å². The van der Waals surface area contributed by atoms with Gasteiger partial charge in [0.2, 0.25) is 0 Å². The number of hydrogen-bond donors (Lipinski definition) is 1. The normalized spacial score (nSPS) is 16.0. The van der Waals surface area contributed by atoms with E-state index in [1.165, 1.54) is 22.5 Å². The minimum Gasteiger partial charge on any atom is -0.328 e. The summed E-state index contributed by atoms with van der Waals surface area (Å²) in [5.74, 6) is 0.0659. The molecule has 1 saturated heterocycles. The molecular formula is C21H27Cl2N5OS. The molecule has 1 aliphatic rings. The number of nitrogens with one attached hydrogen (secondary N) is 1. The second kappa shape index (κ2) is 10.4. The van der Waals surface area contributed by atoms with Crippen molar-refractivity contribution in [3.05, 3.63) is 58.4 Å². The maximum atomic E-state index is 13.4. The first kappa shape index (κ1) is 24.3. The van der Waals surface area contributed by atoms with Crippen LogP contribution in [0.1, 0.15) is 39.5 Å². The minimum atomic E-state index is 0. The Morgan fingerprint density at radius 1 is 1.27 bits per heavy atom. The van der Waals surface area contributed by atoms with Crippen LogP contribution >= 0.6 is 36.2 Å². The summed E-state index contributed by atoms with van der Waals surface area (Å²) in [7, 11) is 1.88. The summed E-state index contributed by atoms with van der Waals surface area (Å²) in [6.07, 6.45) is 4.73. The number of halogens is 2. The van der Waals surface area contributed by atoms with E-state index in [0.717, 1.165) is 40.7 Å². The molecule has 6 nitrogen and oxygen atoms in total. The molecule has 4 rings (SSSR count). The molecule has 0 aliphatic carbocycles. The van der Waals surface area contributed by atoms with E-state index in [1.807, 2.05) is 25.1 Å². The molecule has 162 valence electrons. The zero-order chi connectivity index (χ0) is 19.7. The van der Waals surface area contributed by atoms with Crippen LogP contribution in [0.5, 0.6) is 0 Å². The number of carbonyl (C=O) groups is 1. The van der Waals surface area contributed by atoms with Crippen molar-refractivity contribution in [2.75, 3.05) is 19.6 Å². The molecule has 1 fully saturated rings. The third kappa shape index (κ3) is 4.86. The van der Waals surface area contributed by atoms with E-state index >= 15 is 0 Å². The van der Waals surface area contributed by atoms with E-state index in [0.29, 0.717) is 6.54 Å². The summed E-state index contributed by atoms with van der Waals surface area (Å²) in [5, 5.41) is 8.48. The van der Waals surface area contributed by atoms with Gasteiger partial charge in [-0.3, -0.25) is 9.48 Å². The van der Waals surface area contributed by atoms with Gasteiger partial charge < -0.3 is 10.2 Å². The number of benzene rings is 1. The zero-order valence-corrected chi connectivity index (χ0v) is 19.7. The Balaban J connectivity index is 0.00000160. The summed E-state index contributed by atoms with van der Waals surface area (Å²) in [5.41, 5.74) is 4.21. The summed E-state index contributed by atoms with van der Waals surface area (Å²) >= 11 is 1.45. The van der Waals surface area contributed by atoms with E-state index in [9.17, 15) is 4.79 Å². The lowest BCUT2D eigenvalue weighted by Crippen LogP contribution is -2.48. The lowest BCUT2D eigenvalue weighted by atomic mass is 10.0. The van der Waals surface area contributed by atoms with E-state index < -0.39 is 0 Å². The third-order valence-corrected chi connectivity index (χ3v) is 6.41. The highest BCUT2D eigenvalue weighted by Crippen LogP contribution is 2.31. The largest absolute Gasteiger partial charge is 0.328 e. The van der Waals surface area contributed by atoms with Gasteiger partial charge in [0.1, 0.15) is 9.88 Å². The predicted octanol–water partition coefficient (Wildman–Crippen LogP) is 4.04. The van der Waals surface area contributed by atoms with Crippen LogP contribution in [0.4, 0.5) is 0 Å². The first-order valence-corrected chi connectivity index (χ1v) is 10.5. The van der Waals surface area contributed by atoms with Crippen LogP contribution in [0.2, 0.25) is 0 Å². The lowest BCUT2D eigenvalue weighted by Gasteiger charge is -2.36. The molecule has 2 aromatic heterocycles. The summed E-state index contributed by atoms with van der Waals surface area (Å²) < 4.78 is 1.75. The fraction of sp³-hybridized carbons (Fsp3) is 0.381. The Morgan fingerprint density at radius 2 is 2.00 bits per heavy atom. The number of amides is 1. The minimum absolute atomic E-state index is 0. The highest BCUT2D eigenvalue weighted by Gasteiger charge is 2.31. The Kier molecular flexibility index (Phi) is 8.43. The van der Waals surface area contributed by atoms with Gasteiger partial charge in [-0.25, -0.2) is 4.98 Å². The molecule has 1 aliphatic heterocycles. The van der Waals surface area contributed by atoms with Crippen molar-refractivity contribution in [1.29, 1.82) is 0 Å². The Labute approximate surface area is 193 Å². The van der Waals surface area contributed by atoms with Crippen LogP contribution < -0.4 is 5.32 Å². The monoisotopic (exact) mass is 467 g/mol. The quantitative estimate of drug-likeness (QED) is 0.628. The van der Waals surface area contributed by atoms with Crippen LogP contribution in [0.15, 0.2) is 36.7 Å². The van der Waals surface area contributed by atoms with E-state index in [-0.39, 0.29) is 36.8 Å². The van der Waals surface area contributed by atoms with Gasteiger partial charge in [0.25, 0.3) is 5.91 Å². The summed E-state index contributed by atoms with van der Waals surface area (Å²) in [6.45, 7) is 6.34. The molecule has 1 atom stereocenters. The Hall–Kier alpha value is -1.93. The van der Waals surface area contributed by atoms with Gasteiger partial charge in [-0.15, -0.1) is 36.2 Å². The van der Waals surface area contributed by atoms with Gasteiger partial charge in [-0.2, -0.15) is 5.10 Å². The first-order valence-electron chi connectivity index (χ1n) is 9.63. The average Bonchev–Trinajstić information content (AvgIpc) is 3.33. The van der Waals surface area contributed by atoms with Crippen molar-refractivity contribution < 1.29 is 4.79 Å². The van der Waals surface area contributed by atoms with Crippen LogP contribution in [-0.4, -0.2) is 45.2 Å². The molecule has 0 saturated carbocycles. The van der Waals surface area contributed by atoms with Crippen molar-refractivity contribution in [1.82, 2.24) is 25.0 Å². The second-order valence-corrected chi connectivity index (χ2v) is 8.15. The molecule has 1 amide bonds. The van der Waals surface area contributed by atoms with Crippen molar-refractivity contribution >= 4 is 42.1 Å². The molecule has 0 bridgehead atoms. The summed E-state index contributed by atoms with van der Waals surface area (Å²) in [6, 6.07) is 8.65. The number of hydrogen-bond acceptors (Lipinski definition) is 5. The Bertz CT molecular complexity index is 986. The number of aromatic nitrogens is 3. The number of aryl methyl sites for hydroxylation is 3. The second-order valence-electron chi connectivity index (χ2n) is 7.15. The molecular weight excluding hydrogens is 441 g/mol. The van der Waals surface area contributed by atoms with E-state index in [2.05, 4.69) is 46.6 Å². The molecule has 3 heterocycles. The van der Waals surface area contributed by atoms with Gasteiger partial charge in [-0.05, 0) is 24.5 Å². The molecule has 0 radical (unpaired) electrons. The van der Waals surface area contributed by atoms with Gasteiger partial charge in [-0.1, -0.05) is 31.2 Å². The van der Waals surface area contributed by atoms with Gasteiger partial charge >= 0.3 is 0 Å². The topological polar surface area (TPSA) is 63.1 Å².